The highest BCUT2D eigenvalue weighted by atomic mass is 79.9. The van der Waals surface area contributed by atoms with Crippen LogP contribution in [0, 0.1) is 5.41 Å². The number of thiophene rings is 1. The zero-order valence-corrected chi connectivity index (χ0v) is 11.4. The Balaban J connectivity index is 1.77. The first-order valence-electron chi connectivity index (χ1n) is 5.33. The first-order chi connectivity index (χ1) is 7.20. The van der Waals surface area contributed by atoms with E-state index in [0.29, 0.717) is 5.41 Å². The van der Waals surface area contributed by atoms with Gasteiger partial charge >= 0.3 is 0 Å². The Kier molecular flexibility index (Phi) is 3.83. The van der Waals surface area contributed by atoms with Gasteiger partial charge in [0, 0.05) is 29.0 Å². The van der Waals surface area contributed by atoms with Crippen molar-refractivity contribution in [2.24, 2.45) is 5.41 Å². The van der Waals surface area contributed by atoms with Gasteiger partial charge in [-0.15, -0.1) is 11.3 Å². The van der Waals surface area contributed by atoms with Crippen molar-refractivity contribution in [2.45, 2.75) is 19.9 Å². The summed E-state index contributed by atoms with van der Waals surface area (Å²) >= 11 is 5.36. The van der Waals surface area contributed by atoms with Gasteiger partial charge in [0.15, 0.2) is 0 Å². The molecule has 0 bridgehead atoms. The van der Waals surface area contributed by atoms with Crippen molar-refractivity contribution in [3.63, 3.8) is 0 Å². The minimum Gasteiger partial charge on any atom is -0.316 e. The summed E-state index contributed by atoms with van der Waals surface area (Å²) in [5.74, 6) is 0. The van der Waals surface area contributed by atoms with E-state index in [9.17, 15) is 0 Å². The normalized spacial score (nSPS) is 26.0. The van der Waals surface area contributed by atoms with Gasteiger partial charge in [0.2, 0.25) is 0 Å². The van der Waals surface area contributed by atoms with Crippen LogP contribution in [-0.4, -0.2) is 19.6 Å². The Bertz CT molecular complexity index is 318. The number of nitrogens with one attached hydrogen (secondary N) is 2. The molecule has 0 radical (unpaired) electrons. The summed E-state index contributed by atoms with van der Waals surface area (Å²) in [5, 5.41) is 9.10. The lowest BCUT2D eigenvalue weighted by molar-refractivity contribution is 0.339. The van der Waals surface area contributed by atoms with E-state index < -0.39 is 0 Å². The SMILES string of the molecule is CC1(CNCc2sccc2Br)CCNC1. The Hall–Kier alpha value is 0.1000. The second-order valence-corrected chi connectivity index (χ2v) is 6.39. The molecule has 2 nitrogen and oxygen atoms in total. The van der Waals surface area contributed by atoms with Crippen molar-refractivity contribution in [3.05, 3.63) is 20.8 Å². The standard InChI is InChI=1S/C11H17BrN2S/c1-11(3-4-13-7-11)8-14-6-10-9(12)2-5-15-10/h2,5,13-14H,3-4,6-8H2,1H3. The largest absolute Gasteiger partial charge is 0.316 e. The average molecular weight is 289 g/mol. The molecule has 1 saturated heterocycles. The minimum atomic E-state index is 0.448. The van der Waals surface area contributed by atoms with E-state index >= 15 is 0 Å². The molecular formula is C11H17BrN2S. The maximum atomic E-state index is 3.55. The van der Waals surface area contributed by atoms with Gasteiger partial charge in [0.1, 0.15) is 0 Å². The fraction of sp³-hybridized carbons (Fsp3) is 0.636. The highest BCUT2D eigenvalue weighted by Gasteiger charge is 2.27. The molecule has 0 spiro atoms. The predicted molar refractivity (Wildman–Crippen MR) is 69.3 cm³/mol. The van der Waals surface area contributed by atoms with E-state index in [1.54, 1.807) is 11.3 Å². The van der Waals surface area contributed by atoms with Crippen LogP contribution in [0.25, 0.3) is 0 Å². The monoisotopic (exact) mass is 288 g/mol. The molecule has 1 aliphatic rings. The second kappa shape index (κ2) is 4.95. The Labute approximate surface area is 104 Å². The summed E-state index contributed by atoms with van der Waals surface area (Å²) in [7, 11) is 0. The Morgan fingerprint density at radius 2 is 2.53 bits per heavy atom. The summed E-state index contributed by atoms with van der Waals surface area (Å²) in [6, 6.07) is 2.11. The Morgan fingerprint density at radius 1 is 1.67 bits per heavy atom. The molecule has 1 aliphatic heterocycles. The number of halogens is 1. The molecule has 2 N–H and O–H groups in total. The lowest BCUT2D eigenvalue weighted by Crippen LogP contribution is -2.33. The Morgan fingerprint density at radius 3 is 3.13 bits per heavy atom. The predicted octanol–water partition coefficient (Wildman–Crippen LogP) is 2.60. The van der Waals surface area contributed by atoms with Crippen molar-refractivity contribution in [2.75, 3.05) is 19.6 Å². The number of rotatable bonds is 4. The van der Waals surface area contributed by atoms with E-state index in [0.717, 1.165) is 19.6 Å². The van der Waals surface area contributed by atoms with Gasteiger partial charge in [-0.1, -0.05) is 6.92 Å². The summed E-state index contributed by atoms with van der Waals surface area (Å²) < 4.78 is 1.23. The molecular weight excluding hydrogens is 272 g/mol. The summed E-state index contributed by atoms with van der Waals surface area (Å²) in [6.45, 7) is 6.74. The lowest BCUT2D eigenvalue weighted by atomic mass is 9.90. The van der Waals surface area contributed by atoms with Gasteiger partial charge in [-0.3, -0.25) is 0 Å². The molecule has 1 fully saturated rings. The molecule has 2 heterocycles. The summed E-state index contributed by atoms with van der Waals surface area (Å²) in [4.78, 5) is 1.39. The van der Waals surface area contributed by atoms with Gasteiger partial charge in [-0.25, -0.2) is 0 Å². The van der Waals surface area contributed by atoms with Gasteiger partial charge in [0.05, 0.1) is 0 Å². The molecule has 84 valence electrons. The van der Waals surface area contributed by atoms with Crippen molar-refractivity contribution < 1.29 is 0 Å². The zero-order valence-electron chi connectivity index (χ0n) is 8.98. The first kappa shape index (κ1) is 11.6. The maximum Gasteiger partial charge on any atom is 0.0327 e. The summed E-state index contributed by atoms with van der Waals surface area (Å²) in [6.07, 6.45) is 1.28. The molecule has 0 aromatic carbocycles. The average Bonchev–Trinajstić information content (AvgIpc) is 2.78. The molecule has 0 amide bonds. The molecule has 1 atom stereocenters. The van der Waals surface area contributed by atoms with Gasteiger partial charge in [-0.05, 0) is 45.8 Å². The topological polar surface area (TPSA) is 24.1 Å². The van der Waals surface area contributed by atoms with E-state index in [1.807, 2.05) is 0 Å². The van der Waals surface area contributed by atoms with E-state index in [-0.39, 0.29) is 0 Å². The maximum absolute atomic E-state index is 3.55. The molecule has 1 unspecified atom stereocenters. The second-order valence-electron chi connectivity index (χ2n) is 4.53. The van der Waals surface area contributed by atoms with Gasteiger partial charge in [0.25, 0.3) is 0 Å². The van der Waals surface area contributed by atoms with Crippen LogP contribution in [0.4, 0.5) is 0 Å². The van der Waals surface area contributed by atoms with Crippen molar-refractivity contribution in [3.8, 4) is 0 Å². The van der Waals surface area contributed by atoms with E-state index in [2.05, 4.69) is 44.9 Å². The third-order valence-corrected chi connectivity index (χ3v) is 4.91. The van der Waals surface area contributed by atoms with Crippen LogP contribution in [0.5, 0.6) is 0 Å². The third kappa shape index (κ3) is 3.03. The molecule has 2 rings (SSSR count). The third-order valence-electron chi connectivity index (χ3n) is 2.99. The van der Waals surface area contributed by atoms with Crippen molar-refractivity contribution in [1.29, 1.82) is 0 Å². The van der Waals surface area contributed by atoms with Crippen molar-refractivity contribution >= 4 is 27.3 Å². The lowest BCUT2D eigenvalue weighted by Gasteiger charge is -2.22. The number of hydrogen-bond acceptors (Lipinski definition) is 3. The molecule has 4 heteroatoms. The van der Waals surface area contributed by atoms with Crippen LogP contribution in [0.15, 0.2) is 15.9 Å². The van der Waals surface area contributed by atoms with E-state index in [1.165, 1.54) is 22.3 Å². The minimum absolute atomic E-state index is 0.448. The zero-order chi connectivity index (χ0) is 10.7. The van der Waals surface area contributed by atoms with Gasteiger partial charge in [-0.2, -0.15) is 0 Å². The fourth-order valence-electron chi connectivity index (χ4n) is 1.95. The van der Waals surface area contributed by atoms with Gasteiger partial charge < -0.3 is 10.6 Å². The molecule has 0 saturated carbocycles. The molecule has 1 aromatic heterocycles. The summed E-state index contributed by atoms with van der Waals surface area (Å²) in [5.41, 5.74) is 0.448. The highest BCUT2D eigenvalue weighted by molar-refractivity contribution is 9.10. The van der Waals surface area contributed by atoms with Crippen LogP contribution >= 0.6 is 27.3 Å². The van der Waals surface area contributed by atoms with Crippen LogP contribution in [-0.2, 0) is 6.54 Å². The van der Waals surface area contributed by atoms with Crippen LogP contribution in [0.3, 0.4) is 0 Å². The first-order valence-corrected chi connectivity index (χ1v) is 7.00. The van der Waals surface area contributed by atoms with Crippen LogP contribution < -0.4 is 10.6 Å². The smallest absolute Gasteiger partial charge is 0.0327 e. The molecule has 15 heavy (non-hydrogen) atoms. The molecule has 1 aromatic rings. The number of hydrogen-bond donors (Lipinski definition) is 2. The highest BCUT2D eigenvalue weighted by Crippen LogP contribution is 2.25. The van der Waals surface area contributed by atoms with Crippen LogP contribution in [0.1, 0.15) is 18.2 Å². The van der Waals surface area contributed by atoms with Crippen LogP contribution in [0.2, 0.25) is 0 Å². The fourth-order valence-corrected chi connectivity index (χ4v) is 3.41. The van der Waals surface area contributed by atoms with Crippen molar-refractivity contribution in [1.82, 2.24) is 10.6 Å². The van der Waals surface area contributed by atoms with E-state index in [4.69, 9.17) is 0 Å². The quantitative estimate of drug-likeness (QED) is 0.890. The molecule has 0 aliphatic carbocycles.